The van der Waals surface area contributed by atoms with Crippen LogP contribution >= 0.6 is 0 Å². The number of methoxy groups -OCH3 is 2. The molecule has 19 heavy (non-hydrogen) atoms. The standard InChI is InChI=1S/C15H14O4/c1-18-14(16)12-10-7-11(13(12)15(17)19-2)9-6-4-3-5-8(9)10/h3-6,10-11H,7H2,1-2H3/t10-,11-/m0/s1. The van der Waals surface area contributed by atoms with Crippen LogP contribution in [0.1, 0.15) is 29.4 Å². The molecule has 2 aliphatic rings. The van der Waals surface area contributed by atoms with Gasteiger partial charge in [-0.1, -0.05) is 24.3 Å². The number of rotatable bonds is 2. The molecule has 0 heterocycles. The van der Waals surface area contributed by atoms with E-state index in [1.165, 1.54) is 14.2 Å². The molecule has 0 saturated carbocycles. The Kier molecular flexibility index (Phi) is 2.66. The highest BCUT2D eigenvalue weighted by Crippen LogP contribution is 2.56. The number of ether oxygens (including phenoxy) is 2. The third-order valence-electron chi connectivity index (χ3n) is 4.02. The summed E-state index contributed by atoms with van der Waals surface area (Å²) in [5, 5.41) is 0. The minimum atomic E-state index is -0.428. The maximum absolute atomic E-state index is 12.0. The highest BCUT2D eigenvalue weighted by molar-refractivity contribution is 6.05. The van der Waals surface area contributed by atoms with Gasteiger partial charge in [0.25, 0.3) is 0 Å². The predicted molar refractivity (Wildman–Crippen MR) is 67.6 cm³/mol. The molecule has 4 heteroatoms. The Morgan fingerprint density at radius 3 is 1.74 bits per heavy atom. The molecule has 0 unspecified atom stereocenters. The van der Waals surface area contributed by atoms with Crippen molar-refractivity contribution in [2.75, 3.05) is 14.2 Å². The molecule has 2 aliphatic carbocycles. The number of esters is 2. The number of hydrogen-bond donors (Lipinski definition) is 0. The van der Waals surface area contributed by atoms with E-state index in [1.54, 1.807) is 0 Å². The second kappa shape index (κ2) is 4.23. The molecule has 0 aliphatic heterocycles. The van der Waals surface area contributed by atoms with Crippen molar-refractivity contribution >= 4 is 11.9 Å². The highest BCUT2D eigenvalue weighted by atomic mass is 16.5. The first-order chi connectivity index (χ1) is 9.19. The van der Waals surface area contributed by atoms with Crippen LogP contribution in [0.2, 0.25) is 0 Å². The molecule has 0 N–H and O–H groups in total. The van der Waals surface area contributed by atoms with Crippen molar-refractivity contribution in [2.24, 2.45) is 0 Å². The quantitative estimate of drug-likeness (QED) is 0.760. The van der Waals surface area contributed by atoms with Crippen molar-refractivity contribution in [1.29, 1.82) is 0 Å². The van der Waals surface area contributed by atoms with Crippen molar-refractivity contribution < 1.29 is 19.1 Å². The van der Waals surface area contributed by atoms with Gasteiger partial charge in [0, 0.05) is 11.8 Å². The van der Waals surface area contributed by atoms with Crippen LogP contribution in [0, 0.1) is 0 Å². The van der Waals surface area contributed by atoms with E-state index in [1.807, 2.05) is 24.3 Å². The van der Waals surface area contributed by atoms with E-state index in [2.05, 4.69) is 0 Å². The van der Waals surface area contributed by atoms with Crippen LogP contribution in [0.3, 0.4) is 0 Å². The van der Waals surface area contributed by atoms with Crippen LogP contribution in [0.15, 0.2) is 35.4 Å². The van der Waals surface area contributed by atoms with Crippen molar-refractivity contribution in [3.63, 3.8) is 0 Å². The number of hydrogen-bond acceptors (Lipinski definition) is 4. The third kappa shape index (κ3) is 1.52. The fourth-order valence-electron chi connectivity index (χ4n) is 3.28. The molecule has 0 aromatic heterocycles. The SMILES string of the molecule is COC(=O)C1=C(C(=O)OC)[C@H]2C[C@H]1c1ccccc12. The second-order valence-electron chi connectivity index (χ2n) is 4.78. The zero-order valence-electron chi connectivity index (χ0n) is 10.8. The summed E-state index contributed by atoms with van der Waals surface area (Å²) in [6, 6.07) is 7.92. The summed E-state index contributed by atoms with van der Waals surface area (Å²) in [6.07, 6.45) is 0.758. The van der Waals surface area contributed by atoms with Crippen LogP contribution in [0.25, 0.3) is 0 Å². The summed E-state index contributed by atoms with van der Waals surface area (Å²) in [5.41, 5.74) is 3.19. The highest BCUT2D eigenvalue weighted by Gasteiger charge is 2.48. The fraction of sp³-hybridized carbons (Fsp3) is 0.333. The van der Waals surface area contributed by atoms with Crippen molar-refractivity contribution in [3.05, 3.63) is 46.5 Å². The zero-order valence-corrected chi connectivity index (χ0v) is 10.8. The van der Waals surface area contributed by atoms with Gasteiger partial charge in [-0.3, -0.25) is 0 Å². The minimum Gasteiger partial charge on any atom is -0.466 e. The van der Waals surface area contributed by atoms with E-state index in [0.29, 0.717) is 11.1 Å². The molecule has 98 valence electrons. The molecule has 0 fully saturated rings. The molecule has 0 saturated heterocycles. The smallest absolute Gasteiger partial charge is 0.334 e. The molecule has 1 aromatic carbocycles. The molecule has 0 amide bonds. The molecular weight excluding hydrogens is 244 g/mol. The van der Waals surface area contributed by atoms with Gasteiger partial charge in [-0.15, -0.1) is 0 Å². The molecular formula is C15H14O4. The van der Waals surface area contributed by atoms with Crippen molar-refractivity contribution in [1.82, 2.24) is 0 Å². The van der Waals surface area contributed by atoms with Gasteiger partial charge < -0.3 is 9.47 Å². The lowest BCUT2D eigenvalue weighted by atomic mass is 9.86. The normalized spacial score (nSPS) is 23.3. The molecule has 1 aromatic rings. The topological polar surface area (TPSA) is 52.6 Å². The Morgan fingerprint density at radius 2 is 1.37 bits per heavy atom. The minimum absolute atomic E-state index is 0.0391. The zero-order chi connectivity index (χ0) is 13.6. The molecule has 0 spiro atoms. The van der Waals surface area contributed by atoms with Crippen molar-refractivity contribution in [3.8, 4) is 0 Å². The molecule has 0 radical (unpaired) electrons. The van der Waals surface area contributed by atoms with E-state index in [-0.39, 0.29) is 11.8 Å². The monoisotopic (exact) mass is 258 g/mol. The summed E-state index contributed by atoms with van der Waals surface area (Å²) < 4.78 is 9.64. The summed E-state index contributed by atoms with van der Waals surface area (Å²) in [5.74, 6) is -0.935. The summed E-state index contributed by atoms with van der Waals surface area (Å²) in [7, 11) is 2.67. The van der Waals surface area contributed by atoms with Gasteiger partial charge in [0.1, 0.15) is 0 Å². The van der Waals surface area contributed by atoms with E-state index in [0.717, 1.165) is 17.5 Å². The third-order valence-corrected chi connectivity index (χ3v) is 4.02. The van der Waals surface area contributed by atoms with E-state index in [9.17, 15) is 9.59 Å². The Labute approximate surface area is 111 Å². The lowest BCUT2D eigenvalue weighted by Gasteiger charge is -2.19. The summed E-state index contributed by atoms with van der Waals surface area (Å²) in [6.45, 7) is 0. The van der Waals surface area contributed by atoms with Crippen LogP contribution in [0.4, 0.5) is 0 Å². The number of benzene rings is 1. The Hall–Kier alpha value is -2.10. The van der Waals surface area contributed by atoms with Gasteiger partial charge in [0.15, 0.2) is 0 Å². The van der Waals surface area contributed by atoms with Crippen LogP contribution in [0.5, 0.6) is 0 Å². The Bertz CT molecular complexity index is 549. The van der Waals surface area contributed by atoms with Crippen molar-refractivity contribution in [2.45, 2.75) is 18.3 Å². The average molecular weight is 258 g/mol. The van der Waals surface area contributed by atoms with Crippen LogP contribution in [-0.2, 0) is 19.1 Å². The maximum atomic E-state index is 12.0. The van der Waals surface area contributed by atoms with E-state index in [4.69, 9.17) is 9.47 Å². The number of fused-ring (bicyclic) bond motifs is 5. The van der Waals surface area contributed by atoms with Gasteiger partial charge in [0.05, 0.1) is 25.4 Å². The van der Waals surface area contributed by atoms with Crippen LogP contribution in [-0.4, -0.2) is 26.2 Å². The second-order valence-corrected chi connectivity index (χ2v) is 4.78. The van der Waals surface area contributed by atoms with Crippen LogP contribution < -0.4 is 0 Å². The number of carbonyl (C=O) groups is 2. The fourth-order valence-corrected chi connectivity index (χ4v) is 3.28. The lowest BCUT2D eigenvalue weighted by Crippen LogP contribution is -2.19. The first kappa shape index (κ1) is 12.0. The predicted octanol–water partition coefficient (Wildman–Crippen LogP) is 1.91. The Morgan fingerprint density at radius 1 is 0.947 bits per heavy atom. The lowest BCUT2D eigenvalue weighted by molar-refractivity contribution is -0.139. The first-order valence-electron chi connectivity index (χ1n) is 6.18. The first-order valence-corrected chi connectivity index (χ1v) is 6.18. The molecule has 2 bridgehead atoms. The Balaban J connectivity index is 2.16. The largest absolute Gasteiger partial charge is 0.466 e. The summed E-state index contributed by atoms with van der Waals surface area (Å²) >= 11 is 0. The van der Waals surface area contributed by atoms with Gasteiger partial charge in [-0.05, 0) is 17.5 Å². The number of carbonyl (C=O) groups excluding carboxylic acids is 2. The summed E-state index contributed by atoms with van der Waals surface area (Å²) in [4.78, 5) is 23.9. The molecule has 2 atom stereocenters. The molecule has 4 nitrogen and oxygen atoms in total. The van der Waals surface area contributed by atoms with Gasteiger partial charge in [-0.2, -0.15) is 0 Å². The molecule has 3 rings (SSSR count). The van der Waals surface area contributed by atoms with E-state index < -0.39 is 11.9 Å². The van der Waals surface area contributed by atoms with Gasteiger partial charge >= 0.3 is 11.9 Å². The average Bonchev–Trinajstić information content (AvgIpc) is 3.02. The van der Waals surface area contributed by atoms with E-state index >= 15 is 0 Å². The van der Waals surface area contributed by atoms with Gasteiger partial charge in [-0.25, -0.2) is 9.59 Å². The van der Waals surface area contributed by atoms with Gasteiger partial charge in [0.2, 0.25) is 0 Å². The maximum Gasteiger partial charge on any atom is 0.334 e.